The SMILES string of the molecule is Cc1cccc(C(O)CNC(=O)NCCCC(=O)O)c1. The molecule has 0 aromatic heterocycles. The monoisotopic (exact) mass is 280 g/mol. The lowest BCUT2D eigenvalue weighted by molar-refractivity contribution is -0.137. The van der Waals surface area contributed by atoms with Crippen molar-refractivity contribution in [3.05, 3.63) is 35.4 Å². The van der Waals surface area contributed by atoms with E-state index >= 15 is 0 Å². The Hall–Kier alpha value is -2.08. The van der Waals surface area contributed by atoms with Crippen molar-refractivity contribution in [1.82, 2.24) is 10.6 Å². The molecular formula is C14H20N2O4. The molecule has 4 N–H and O–H groups in total. The molecule has 0 aliphatic carbocycles. The second-order valence-electron chi connectivity index (χ2n) is 4.56. The number of nitrogens with one attached hydrogen (secondary N) is 2. The number of benzene rings is 1. The first-order valence-corrected chi connectivity index (χ1v) is 6.47. The highest BCUT2D eigenvalue weighted by atomic mass is 16.4. The summed E-state index contributed by atoms with van der Waals surface area (Å²) in [5.74, 6) is -0.887. The number of carbonyl (C=O) groups excluding carboxylic acids is 1. The van der Waals surface area contributed by atoms with E-state index in [0.29, 0.717) is 13.0 Å². The zero-order valence-corrected chi connectivity index (χ0v) is 11.4. The number of carboxylic acids is 1. The van der Waals surface area contributed by atoms with Gasteiger partial charge >= 0.3 is 12.0 Å². The number of rotatable bonds is 7. The van der Waals surface area contributed by atoms with Gasteiger partial charge in [-0.2, -0.15) is 0 Å². The molecule has 20 heavy (non-hydrogen) atoms. The second-order valence-corrected chi connectivity index (χ2v) is 4.56. The van der Waals surface area contributed by atoms with Gasteiger partial charge in [-0.15, -0.1) is 0 Å². The zero-order chi connectivity index (χ0) is 15.0. The Morgan fingerprint density at radius 1 is 1.30 bits per heavy atom. The summed E-state index contributed by atoms with van der Waals surface area (Å²) in [5.41, 5.74) is 1.79. The molecule has 6 heteroatoms. The number of aliphatic hydroxyl groups excluding tert-OH is 1. The molecule has 6 nitrogen and oxygen atoms in total. The summed E-state index contributed by atoms with van der Waals surface area (Å²) in [6.07, 6.45) is -0.366. The number of urea groups is 1. The van der Waals surface area contributed by atoms with E-state index in [1.54, 1.807) is 6.07 Å². The van der Waals surface area contributed by atoms with Crippen molar-refractivity contribution < 1.29 is 19.8 Å². The van der Waals surface area contributed by atoms with Crippen LogP contribution in [0.3, 0.4) is 0 Å². The predicted octanol–water partition coefficient (Wildman–Crippen LogP) is 1.19. The second kappa shape index (κ2) is 8.16. The van der Waals surface area contributed by atoms with E-state index in [1.165, 1.54) is 0 Å². The Balaban J connectivity index is 2.25. The van der Waals surface area contributed by atoms with Crippen LogP contribution >= 0.6 is 0 Å². The molecule has 0 aliphatic heterocycles. The molecule has 0 heterocycles. The third kappa shape index (κ3) is 6.19. The summed E-state index contributed by atoms with van der Waals surface area (Å²) in [6, 6.07) is 7.02. The summed E-state index contributed by atoms with van der Waals surface area (Å²) < 4.78 is 0. The van der Waals surface area contributed by atoms with Crippen molar-refractivity contribution in [3.63, 3.8) is 0 Å². The number of aliphatic carboxylic acids is 1. The third-order valence-electron chi connectivity index (χ3n) is 2.74. The molecule has 0 saturated heterocycles. The molecular weight excluding hydrogens is 260 g/mol. The fourth-order valence-corrected chi connectivity index (χ4v) is 1.69. The van der Waals surface area contributed by atoms with E-state index in [0.717, 1.165) is 11.1 Å². The van der Waals surface area contributed by atoms with Gasteiger partial charge in [0.2, 0.25) is 0 Å². The van der Waals surface area contributed by atoms with Crippen LogP contribution in [-0.4, -0.2) is 35.3 Å². The number of hydrogen-bond donors (Lipinski definition) is 4. The van der Waals surface area contributed by atoms with Crippen LogP contribution in [0.4, 0.5) is 4.79 Å². The topological polar surface area (TPSA) is 98.7 Å². The van der Waals surface area contributed by atoms with Gasteiger partial charge in [0.15, 0.2) is 0 Å². The standard InChI is InChI=1S/C14H20N2O4/c1-10-4-2-5-11(8-10)12(17)9-16-14(20)15-7-3-6-13(18)19/h2,4-5,8,12,17H,3,6-7,9H2,1H3,(H,18,19)(H2,15,16,20). The fourth-order valence-electron chi connectivity index (χ4n) is 1.69. The lowest BCUT2D eigenvalue weighted by Gasteiger charge is -2.13. The van der Waals surface area contributed by atoms with E-state index in [2.05, 4.69) is 10.6 Å². The smallest absolute Gasteiger partial charge is 0.314 e. The fraction of sp³-hybridized carbons (Fsp3) is 0.429. The van der Waals surface area contributed by atoms with Gasteiger partial charge < -0.3 is 20.8 Å². The lowest BCUT2D eigenvalue weighted by Crippen LogP contribution is -2.38. The number of carboxylic acid groups (broad SMARTS) is 1. The highest BCUT2D eigenvalue weighted by Gasteiger charge is 2.09. The van der Waals surface area contributed by atoms with Gasteiger partial charge in [-0.05, 0) is 18.9 Å². The van der Waals surface area contributed by atoms with Crippen molar-refractivity contribution in [2.75, 3.05) is 13.1 Å². The number of hydrogen-bond acceptors (Lipinski definition) is 3. The third-order valence-corrected chi connectivity index (χ3v) is 2.74. The molecule has 1 atom stereocenters. The molecule has 110 valence electrons. The lowest BCUT2D eigenvalue weighted by atomic mass is 10.1. The molecule has 1 aromatic rings. The maximum Gasteiger partial charge on any atom is 0.314 e. The highest BCUT2D eigenvalue weighted by molar-refractivity contribution is 5.74. The molecule has 1 aromatic carbocycles. The minimum atomic E-state index is -0.887. The van der Waals surface area contributed by atoms with Crippen LogP contribution in [-0.2, 0) is 4.79 Å². The molecule has 0 spiro atoms. The van der Waals surface area contributed by atoms with Gasteiger partial charge in [0.1, 0.15) is 0 Å². The van der Waals surface area contributed by atoms with Gasteiger partial charge in [0, 0.05) is 19.5 Å². The van der Waals surface area contributed by atoms with E-state index in [9.17, 15) is 14.7 Å². The summed E-state index contributed by atoms with van der Waals surface area (Å²) >= 11 is 0. The Labute approximate surface area is 117 Å². The minimum Gasteiger partial charge on any atom is -0.481 e. The van der Waals surface area contributed by atoms with Gasteiger partial charge in [0.25, 0.3) is 0 Å². The number of amides is 2. The van der Waals surface area contributed by atoms with E-state index < -0.39 is 18.1 Å². The number of aryl methyl sites for hydroxylation is 1. The Bertz CT molecular complexity index is 462. The molecule has 0 bridgehead atoms. The van der Waals surface area contributed by atoms with Crippen molar-refractivity contribution in [3.8, 4) is 0 Å². The Morgan fingerprint density at radius 3 is 2.70 bits per heavy atom. The van der Waals surface area contributed by atoms with Crippen LogP contribution in [0.2, 0.25) is 0 Å². The maximum absolute atomic E-state index is 11.4. The van der Waals surface area contributed by atoms with Crippen LogP contribution < -0.4 is 10.6 Å². The predicted molar refractivity (Wildman–Crippen MR) is 74.4 cm³/mol. The normalized spacial score (nSPS) is 11.7. The van der Waals surface area contributed by atoms with Crippen molar-refractivity contribution in [2.24, 2.45) is 0 Å². The molecule has 0 saturated carbocycles. The maximum atomic E-state index is 11.4. The molecule has 0 radical (unpaired) electrons. The Morgan fingerprint density at radius 2 is 2.05 bits per heavy atom. The molecule has 1 rings (SSSR count). The van der Waals surface area contributed by atoms with Crippen LogP contribution in [0.15, 0.2) is 24.3 Å². The quantitative estimate of drug-likeness (QED) is 0.564. The molecule has 1 unspecified atom stereocenters. The van der Waals surface area contributed by atoms with Gasteiger partial charge in [-0.1, -0.05) is 29.8 Å². The summed E-state index contributed by atoms with van der Waals surface area (Å²) in [6.45, 7) is 2.33. The van der Waals surface area contributed by atoms with Crippen LogP contribution in [0.25, 0.3) is 0 Å². The first-order valence-electron chi connectivity index (χ1n) is 6.47. The minimum absolute atomic E-state index is 0.0200. The first-order chi connectivity index (χ1) is 9.49. The summed E-state index contributed by atoms with van der Waals surface area (Å²) in [7, 11) is 0. The summed E-state index contributed by atoms with van der Waals surface area (Å²) in [5, 5.41) is 23.4. The van der Waals surface area contributed by atoms with E-state index in [4.69, 9.17) is 5.11 Å². The molecule has 0 fully saturated rings. The van der Waals surface area contributed by atoms with E-state index in [1.807, 2.05) is 25.1 Å². The average Bonchev–Trinajstić information content (AvgIpc) is 2.40. The van der Waals surface area contributed by atoms with Crippen molar-refractivity contribution in [1.29, 1.82) is 0 Å². The number of aliphatic hydroxyl groups is 1. The van der Waals surface area contributed by atoms with Gasteiger partial charge in [-0.25, -0.2) is 4.79 Å². The van der Waals surface area contributed by atoms with Crippen LogP contribution in [0.1, 0.15) is 30.1 Å². The Kier molecular flexibility index (Phi) is 6.52. The first kappa shape index (κ1) is 16.0. The van der Waals surface area contributed by atoms with Gasteiger partial charge in [-0.3, -0.25) is 4.79 Å². The van der Waals surface area contributed by atoms with E-state index in [-0.39, 0.29) is 13.0 Å². The van der Waals surface area contributed by atoms with Crippen molar-refractivity contribution in [2.45, 2.75) is 25.9 Å². The number of carbonyl (C=O) groups is 2. The average molecular weight is 280 g/mol. The van der Waals surface area contributed by atoms with Crippen molar-refractivity contribution >= 4 is 12.0 Å². The molecule has 0 aliphatic rings. The zero-order valence-electron chi connectivity index (χ0n) is 11.4. The molecule has 2 amide bonds. The summed E-state index contributed by atoms with van der Waals surface area (Å²) in [4.78, 5) is 21.7. The largest absolute Gasteiger partial charge is 0.481 e. The van der Waals surface area contributed by atoms with Gasteiger partial charge in [0.05, 0.1) is 6.10 Å². The van der Waals surface area contributed by atoms with Crippen LogP contribution in [0, 0.1) is 6.92 Å². The van der Waals surface area contributed by atoms with Crippen LogP contribution in [0.5, 0.6) is 0 Å². The highest BCUT2D eigenvalue weighted by Crippen LogP contribution is 2.13.